The second-order valence-corrected chi connectivity index (χ2v) is 6.47. The quantitative estimate of drug-likeness (QED) is 0.745. The first-order valence-corrected chi connectivity index (χ1v) is 7.84. The summed E-state index contributed by atoms with van der Waals surface area (Å²) in [5.74, 6) is 0. The summed E-state index contributed by atoms with van der Waals surface area (Å²) in [6, 6.07) is 15.8. The highest BCUT2D eigenvalue weighted by Gasteiger charge is 2.22. The van der Waals surface area contributed by atoms with Gasteiger partial charge in [-0.25, -0.2) is 18.1 Å². The summed E-state index contributed by atoms with van der Waals surface area (Å²) in [5.41, 5.74) is 1.89. The van der Waals surface area contributed by atoms with Gasteiger partial charge in [0.1, 0.15) is 6.33 Å². The Morgan fingerprint density at radius 1 is 0.952 bits per heavy atom. The summed E-state index contributed by atoms with van der Waals surface area (Å²) in [6.45, 7) is 1.98. The molecule has 0 aliphatic heterocycles. The van der Waals surface area contributed by atoms with E-state index in [9.17, 15) is 8.42 Å². The van der Waals surface area contributed by atoms with Crippen LogP contribution in [0.5, 0.6) is 0 Å². The van der Waals surface area contributed by atoms with E-state index in [1.54, 1.807) is 18.2 Å². The topological polar surface area (TPSA) is 64.8 Å². The maximum absolute atomic E-state index is 12.4. The van der Waals surface area contributed by atoms with E-state index in [4.69, 9.17) is 0 Å². The normalized spacial score (nSPS) is 11.5. The van der Waals surface area contributed by atoms with Gasteiger partial charge < -0.3 is 0 Å². The lowest BCUT2D eigenvalue weighted by atomic mass is 10.2. The molecule has 0 radical (unpaired) electrons. The molecule has 0 saturated heterocycles. The Bertz CT molecular complexity index is 853. The van der Waals surface area contributed by atoms with Gasteiger partial charge in [-0.15, -0.1) is 5.10 Å². The summed E-state index contributed by atoms with van der Waals surface area (Å²) in [5, 5.41) is 3.88. The number of benzene rings is 2. The van der Waals surface area contributed by atoms with Crippen LogP contribution in [0.4, 0.5) is 0 Å². The third kappa shape index (κ3) is 2.57. The average molecular weight is 299 g/mol. The molecule has 0 saturated carbocycles. The van der Waals surface area contributed by atoms with E-state index in [1.165, 1.54) is 23.1 Å². The number of nitrogens with zero attached hydrogens (tertiary/aromatic N) is 3. The van der Waals surface area contributed by atoms with Gasteiger partial charge in [-0.1, -0.05) is 35.9 Å². The zero-order chi connectivity index (χ0) is 14.9. The maximum atomic E-state index is 12.4. The van der Waals surface area contributed by atoms with Crippen LogP contribution in [0, 0.1) is 6.92 Å². The fourth-order valence-electron chi connectivity index (χ4n) is 1.90. The Morgan fingerprint density at radius 3 is 2.29 bits per heavy atom. The molecule has 0 spiro atoms. The van der Waals surface area contributed by atoms with Crippen LogP contribution in [0.2, 0.25) is 0 Å². The molecule has 21 heavy (non-hydrogen) atoms. The molecular weight excluding hydrogens is 286 g/mol. The number of hydrogen-bond donors (Lipinski definition) is 0. The van der Waals surface area contributed by atoms with Crippen molar-refractivity contribution in [2.45, 2.75) is 17.0 Å². The summed E-state index contributed by atoms with van der Waals surface area (Å²) < 4.78 is 26.2. The molecule has 106 valence electrons. The molecular formula is C15H13N3O2S. The van der Waals surface area contributed by atoms with E-state index in [1.807, 2.05) is 31.2 Å². The number of hydrogen-bond acceptors (Lipinski definition) is 4. The average Bonchev–Trinajstić information content (AvgIpc) is 2.99. The molecule has 0 N–H and O–H groups in total. The maximum Gasteiger partial charge on any atom is 0.272 e. The van der Waals surface area contributed by atoms with Gasteiger partial charge in [-0.2, -0.15) is 0 Å². The zero-order valence-electron chi connectivity index (χ0n) is 11.3. The smallest absolute Gasteiger partial charge is 0.220 e. The Kier molecular flexibility index (Phi) is 3.31. The van der Waals surface area contributed by atoms with Crippen LogP contribution >= 0.6 is 0 Å². The predicted octanol–water partition coefficient (Wildman–Crippen LogP) is 2.41. The third-order valence-corrected chi connectivity index (χ3v) is 4.62. The lowest BCUT2D eigenvalue weighted by Gasteiger charge is -2.01. The SMILES string of the molecule is Cc1ccc(-n2cnc(S(=O)(=O)c3ccccc3)n2)cc1. The van der Waals surface area contributed by atoms with Crippen molar-refractivity contribution in [2.75, 3.05) is 0 Å². The largest absolute Gasteiger partial charge is 0.272 e. The summed E-state index contributed by atoms with van der Waals surface area (Å²) >= 11 is 0. The fourth-order valence-corrected chi connectivity index (χ4v) is 3.01. The predicted molar refractivity (Wildman–Crippen MR) is 78.0 cm³/mol. The molecule has 5 nitrogen and oxygen atoms in total. The lowest BCUT2D eigenvalue weighted by Crippen LogP contribution is -2.05. The number of aromatic nitrogens is 3. The first kappa shape index (κ1) is 13.5. The lowest BCUT2D eigenvalue weighted by molar-refractivity contribution is 0.586. The summed E-state index contributed by atoms with van der Waals surface area (Å²) in [7, 11) is -3.68. The molecule has 3 aromatic rings. The zero-order valence-corrected chi connectivity index (χ0v) is 12.2. The van der Waals surface area contributed by atoms with Crippen LogP contribution in [0.1, 0.15) is 5.56 Å². The highest BCUT2D eigenvalue weighted by atomic mass is 32.2. The third-order valence-electron chi connectivity index (χ3n) is 3.06. The minimum absolute atomic E-state index is 0.187. The fraction of sp³-hybridized carbons (Fsp3) is 0.0667. The van der Waals surface area contributed by atoms with Gasteiger partial charge in [0.15, 0.2) is 0 Å². The van der Waals surface area contributed by atoms with Gasteiger partial charge in [0, 0.05) is 0 Å². The van der Waals surface area contributed by atoms with Crippen LogP contribution in [0.3, 0.4) is 0 Å². The van der Waals surface area contributed by atoms with Crippen molar-refractivity contribution in [3.05, 3.63) is 66.5 Å². The van der Waals surface area contributed by atoms with E-state index in [0.29, 0.717) is 0 Å². The number of rotatable bonds is 3. The summed E-state index contributed by atoms with van der Waals surface area (Å²) in [4.78, 5) is 4.11. The van der Waals surface area contributed by atoms with Crippen molar-refractivity contribution in [3.8, 4) is 5.69 Å². The molecule has 2 aromatic carbocycles. The molecule has 0 fully saturated rings. The van der Waals surface area contributed by atoms with E-state index in [-0.39, 0.29) is 10.1 Å². The number of sulfone groups is 1. The Morgan fingerprint density at radius 2 is 1.62 bits per heavy atom. The molecule has 1 heterocycles. The van der Waals surface area contributed by atoms with Crippen LogP contribution < -0.4 is 0 Å². The van der Waals surface area contributed by atoms with Gasteiger partial charge in [-0.05, 0) is 31.2 Å². The first-order chi connectivity index (χ1) is 10.1. The van der Waals surface area contributed by atoms with Gasteiger partial charge >= 0.3 is 0 Å². The Hall–Kier alpha value is -2.47. The van der Waals surface area contributed by atoms with Gasteiger partial charge in [0.2, 0.25) is 9.84 Å². The van der Waals surface area contributed by atoms with Crippen molar-refractivity contribution in [2.24, 2.45) is 0 Å². The van der Waals surface area contributed by atoms with E-state index < -0.39 is 9.84 Å². The molecule has 6 heteroatoms. The Balaban J connectivity index is 2.01. The molecule has 0 bridgehead atoms. The molecule has 3 rings (SSSR count). The summed E-state index contributed by atoms with van der Waals surface area (Å²) in [6.07, 6.45) is 1.40. The Labute approximate surface area is 122 Å². The van der Waals surface area contributed by atoms with Crippen molar-refractivity contribution in [1.29, 1.82) is 0 Å². The standard InChI is InChI=1S/C15H13N3O2S/c1-12-7-9-13(10-8-12)18-11-16-15(17-18)21(19,20)14-5-3-2-4-6-14/h2-11H,1H3. The number of aryl methyl sites for hydroxylation is 1. The van der Waals surface area contributed by atoms with Crippen LogP contribution in [-0.2, 0) is 9.84 Å². The molecule has 0 aliphatic rings. The molecule has 1 aromatic heterocycles. The highest BCUT2D eigenvalue weighted by Crippen LogP contribution is 2.17. The van der Waals surface area contributed by atoms with Crippen molar-refractivity contribution in [1.82, 2.24) is 14.8 Å². The van der Waals surface area contributed by atoms with Gasteiger partial charge in [0.05, 0.1) is 10.6 Å². The molecule has 0 unspecified atom stereocenters. The second kappa shape index (κ2) is 5.14. The van der Waals surface area contributed by atoms with Crippen molar-refractivity contribution < 1.29 is 8.42 Å². The highest BCUT2D eigenvalue weighted by molar-refractivity contribution is 7.91. The molecule has 0 aliphatic carbocycles. The second-order valence-electron chi connectivity index (χ2n) is 4.62. The van der Waals surface area contributed by atoms with Crippen LogP contribution in [-0.4, -0.2) is 23.2 Å². The van der Waals surface area contributed by atoms with Crippen LogP contribution in [0.15, 0.2) is 71.0 Å². The monoisotopic (exact) mass is 299 g/mol. The molecule has 0 amide bonds. The minimum Gasteiger partial charge on any atom is -0.220 e. The van der Waals surface area contributed by atoms with E-state index in [2.05, 4.69) is 10.1 Å². The first-order valence-electron chi connectivity index (χ1n) is 6.36. The molecule has 0 atom stereocenters. The van der Waals surface area contributed by atoms with Crippen molar-refractivity contribution in [3.63, 3.8) is 0 Å². The van der Waals surface area contributed by atoms with Gasteiger partial charge in [0.25, 0.3) is 5.16 Å². The van der Waals surface area contributed by atoms with Crippen molar-refractivity contribution >= 4 is 9.84 Å². The van der Waals surface area contributed by atoms with E-state index in [0.717, 1.165) is 11.3 Å². The minimum atomic E-state index is -3.68. The van der Waals surface area contributed by atoms with E-state index >= 15 is 0 Å². The van der Waals surface area contributed by atoms with Gasteiger partial charge in [-0.3, -0.25) is 0 Å². The van der Waals surface area contributed by atoms with Crippen LogP contribution in [0.25, 0.3) is 5.69 Å².